The Morgan fingerprint density at radius 3 is 1.40 bits per heavy atom. The Kier molecular flexibility index (Phi) is 25.6. The molecule has 3 nitrogen and oxygen atoms in total. The average Bonchev–Trinajstić information content (AvgIpc) is 2.57. The first-order valence-corrected chi connectivity index (χ1v) is 11.2. The molecule has 0 saturated carbocycles. The predicted octanol–water partition coefficient (Wildman–Crippen LogP) is 2.05. The number of aliphatic hydroxyl groups is 1. The third-order valence-electron chi connectivity index (χ3n) is 4.48. The molecular formula is C20H39NaO3S. The molecule has 0 saturated heterocycles. The summed E-state index contributed by atoms with van der Waals surface area (Å²) in [5.74, 6) is -0.676. The molecule has 25 heavy (non-hydrogen) atoms. The molecule has 1 N–H and O–H groups in total. The number of carboxylic acids is 1. The summed E-state index contributed by atoms with van der Waals surface area (Å²) in [6.07, 6.45) is 21.3. The number of hydrogen-bond acceptors (Lipinski definition) is 4. The van der Waals surface area contributed by atoms with Gasteiger partial charge in [-0.15, -0.1) is 11.8 Å². The molecule has 5 heteroatoms. The molecule has 0 amide bonds. The molecule has 0 fully saturated rings. The fourth-order valence-corrected chi connectivity index (χ4v) is 3.64. The molecule has 0 aliphatic rings. The van der Waals surface area contributed by atoms with Crippen LogP contribution in [0.3, 0.4) is 0 Å². The third-order valence-corrected chi connectivity index (χ3v) is 5.51. The summed E-state index contributed by atoms with van der Waals surface area (Å²) in [4.78, 5) is 10.3. The molecule has 0 aliphatic heterocycles. The van der Waals surface area contributed by atoms with Crippen molar-refractivity contribution in [2.45, 2.75) is 115 Å². The zero-order valence-electron chi connectivity index (χ0n) is 16.8. The Morgan fingerprint density at radius 1 is 0.760 bits per heavy atom. The van der Waals surface area contributed by atoms with Crippen LogP contribution in [0, 0.1) is 0 Å². The second-order valence-corrected chi connectivity index (χ2v) is 8.03. The van der Waals surface area contributed by atoms with Crippen LogP contribution in [0.1, 0.15) is 110 Å². The predicted molar refractivity (Wildman–Crippen MR) is 103 cm³/mol. The molecule has 0 heterocycles. The van der Waals surface area contributed by atoms with Crippen molar-refractivity contribution < 1.29 is 44.6 Å². The molecule has 0 aromatic carbocycles. The maximum atomic E-state index is 10.3. The van der Waals surface area contributed by atoms with Gasteiger partial charge in [0.1, 0.15) is 5.44 Å². The van der Waals surface area contributed by atoms with Gasteiger partial charge in [-0.25, -0.2) is 0 Å². The van der Waals surface area contributed by atoms with Crippen molar-refractivity contribution >= 4 is 17.7 Å². The first-order valence-electron chi connectivity index (χ1n) is 10.2. The topological polar surface area (TPSA) is 60.4 Å². The average molecular weight is 383 g/mol. The normalized spacial score (nSPS) is 11.9. The fraction of sp³-hybridized carbons (Fsp3) is 0.950. The van der Waals surface area contributed by atoms with Crippen LogP contribution in [0.5, 0.6) is 0 Å². The van der Waals surface area contributed by atoms with E-state index in [1.807, 2.05) is 0 Å². The van der Waals surface area contributed by atoms with Crippen LogP contribution in [0.15, 0.2) is 0 Å². The minimum absolute atomic E-state index is 0. The van der Waals surface area contributed by atoms with E-state index in [1.54, 1.807) is 0 Å². The minimum atomic E-state index is -1.38. The van der Waals surface area contributed by atoms with Gasteiger partial charge >= 0.3 is 29.6 Å². The zero-order valence-corrected chi connectivity index (χ0v) is 19.6. The van der Waals surface area contributed by atoms with Crippen LogP contribution in [0.2, 0.25) is 0 Å². The summed E-state index contributed by atoms with van der Waals surface area (Å²) >= 11 is 1.06. The summed E-state index contributed by atoms with van der Waals surface area (Å²) in [7, 11) is 0. The van der Waals surface area contributed by atoms with Crippen LogP contribution in [0.25, 0.3) is 0 Å². The number of carbonyl (C=O) groups is 1. The van der Waals surface area contributed by atoms with E-state index in [1.165, 1.54) is 89.9 Å². The van der Waals surface area contributed by atoms with Gasteiger partial charge in [-0.1, -0.05) is 103 Å². The van der Waals surface area contributed by atoms with Gasteiger partial charge in [-0.05, 0) is 12.2 Å². The first-order chi connectivity index (χ1) is 11.7. The molecule has 0 rings (SSSR count). The minimum Gasteiger partial charge on any atom is -0.546 e. The van der Waals surface area contributed by atoms with Gasteiger partial charge < -0.3 is 15.0 Å². The number of carbonyl (C=O) groups excluding carboxylic acids is 1. The Bertz CT molecular complexity index is 278. The van der Waals surface area contributed by atoms with E-state index < -0.39 is 11.4 Å². The van der Waals surface area contributed by atoms with Crippen LogP contribution < -0.4 is 34.7 Å². The maximum Gasteiger partial charge on any atom is 1.00 e. The Labute approximate surface area is 182 Å². The van der Waals surface area contributed by atoms with Gasteiger partial charge in [0, 0.05) is 0 Å². The monoisotopic (exact) mass is 382 g/mol. The second-order valence-electron chi connectivity index (χ2n) is 6.85. The molecule has 0 aromatic rings. The van der Waals surface area contributed by atoms with Gasteiger partial charge in [0.15, 0.2) is 0 Å². The SMILES string of the molecule is CCCCCCCCCCCCCCCCCCSC(O)C(=O)[O-].[Na+]. The zero-order chi connectivity index (χ0) is 17.9. The van der Waals surface area contributed by atoms with E-state index in [-0.39, 0.29) is 29.6 Å². The number of thioether (sulfide) groups is 1. The third kappa shape index (κ3) is 22.7. The van der Waals surface area contributed by atoms with Crippen molar-refractivity contribution in [3.8, 4) is 0 Å². The summed E-state index contributed by atoms with van der Waals surface area (Å²) < 4.78 is 0. The molecule has 144 valence electrons. The van der Waals surface area contributed by atoms with Gasteiger partial charge in [-0.2, -0.15) is 0 Å². The van der Waals surface area contributed by atoms with E-state index in [0.29, 0.717) is 5.75 Å². The van der Waals surface area contributed by atoms with Gasteiger partial charge in [-0.3, -0.25) is 0 Å². The molecular weight excluding hydrogens is 343 g/mol. The molecule has 1 atom stereocenters. The van der Waals surface area contributed by atoms with Crippen LogP contribution >= 0.6 is 11.8 Å². The smallest absolute Gasteiger partial charge is 0.546 e. The quantitative estimate of drug-likeness (QED) is 0.211. The van der Waals surface area contributed by atoms with Crippen LogP contribution in [-0.2, 0) is 4.79 Å². The van der Waals surface area contributed by atoms with E-state index in [0.717, 1.165) is 24.6 Å². The molecule has 0 aromatic heterocycles. The van der Waals surface area contributed by atoms with E-state index in [9.17, 15) is 9.90 Å². The summed E-state index contributed by atoms with van der Waals surface area (Å²) in [6, 6.07) is 0. The van der Waals surface area contributed by atoms with E-state index >= 15 is 0 Å². The summed E-state index contributed by atoms with van der Waals surface area (Å²) in [5.41, 5.74) is -1.36. The molecule has 0 aliphatic carbocycles. The molecule has 0 spiro atoms. The Hall–Kier alpha value is 0.780. The number of carboxylic acid groups (broad SMARTS) is 1. The Balaban J connectivity index is 0. The summed E-state index contributed by atoms with van der Waals surface area (Å²) in [5, 5.41) is 19.4. The largest absolute Gasteiger partial charge is 1.00 e. The van der Waals surface area contributed by atoms with Crippen LogP contribution in [-0.4, -0.2) is 22.3 Å². The standard InChI is InChI=1S/C20H40O3S.Na/c1-2-3-4-5-6-7-8-9-10-11-12-13-14-15-16-17-18-24-20(23)19(21)22;/h20,23H,2-18H2,1H3,(H,21,22);/q;+1/p-1. The molecule has 0 bridgehead atoms. The number of aliphatic carboxylic acids is 1. The van der Waals surface area contributed by atoms with Gasteiger partial charge in [0.2, 0.25) is 0 Å². The van der Waals surface area contributed by atoms with Crippen molar-refractivity contribution in [1.29, 1.82) is 0 Å². The van der Waals surface area contributed by atoms with E-state index in [4.69, 9.17) is 5.11 Å². The number of unbranched alkanes of at least 4 members (excludes halogenated alkanes) is 15. The Morgan fingerprint density at radius 2 is 1.08 bits per heavy atom. The van der Waals surface area contributed by atoms with Gasteiger partial charge in [0.05, 0.1) is 5.97 Å². The van der Waals surface area contributed by atoms with Crippen molar-refractivity contribution in [2.75, 3.05) is 5.75 Å². The van der Waals surface area contributed by atoms with Gasteiger partial charge in [0.25, 0.3) is 0 Å². The molecule has 0 radical (unpaired) electrons. The van der Waals surface area contributed by atoms with Crippen molar-refractivity contribution in [2.24, 2.45) is 0 Å². The summed E-state index contributed by atoms with van der Waals surface area (Å²) in [6.45, 7) is 2.27. The number of aliphatic hydroxyl groups excluding tert-OH is 1. The fourth-order valence-electron chi connectivity index (χ4n) is 2.91. The number of rotatable bonds is 19. The number of hydrogen-bond donors (Lipinski definition) is 1. The first kappa shape index (κ1) is 28.0. The van der Waals surface area contributed by atoms with Crippen LogP contribution in [0.4, 0.5) is 0 Å². The van der Waals surface area contributed by atoms with Crippen molar-refractivity contribution in [3.05, 3.63) is 0 Å². The van der Waals surface area contributed by atoms with Crippen molar-refractivity contribution in [3.63, 3.8) is 0 Å². The maximum absolute atomic E-state index is 10.3. The molecule has 1 unspecified atom stereocenters. The van der Waals surface area contributed by atoms with Crippen molar-refractivity contribution in [1.82, 2.24) is 0 Å². The van der Waals surface area contributed by atoms with E-state index in [2.05, 4.69) is 6.92 Å². The second kappa shape index (κ2) is 22.8.